The third kappa shape index (κ3) is 1.86. The van der Waals surface area contributed by atoms with Gasteiger partial charge in [0.2, 0.25) is 5.91 Å². The summed E-state index contributed by atoms with van der Waals surface area (Å²) in [5.74, 6) is -0.383. The fourth-order valence-electron chi connectivity index (χ4n) is 2.26. The van der Waals surface area contributed by atoms with Crippen molar-refractivity contribution < 1.29 is 4.79 Å². The molecular weight excluding hydrogens is 226 g/mol. The normalized spacial score (nSPS) is 11.2. The van der Waals surface area contributed by atoms with Crippen molar-refractivity contribution in [3.05, 3.63) is 60.2 Å². The molecule has 0 fully saturated rings. The maximum absolute atomic E-state index is 12.0. The fraction of sp³-hybridized carbons (Fsp3) is 0.214. The number of hydrogen-bond donors (Lipinski definition) is 1. The number of primary amides is 1. The summed E-state index contributed by atoms with van der Waals surface area (Å²) in [6.07, 6.45) is 7.28. The zero-order valence-electron chi connectivity index (χ0n) is 10.2. The molecular formula is C14H15N3O. The number of pyridine rings is 2. The molecule has 0 radical (unpaired) electrons. The van der Waals surface area contributed by atoms with Crippen molar-refractivity contribution in [3.8, 4) is 0 Å². The lowest BCUT2D eigenvalue weighted by atomic mass is 9.73. The van der Waals surface area contributed by atoms with Crippen LogP contribution in [0.1, 0.15) is 24.5 Å². The lowest BCUT2D eigenvalue weighted by molar-refractivity contribution is -0.122. The summed E-state index contributed by atoms with van der Waals surface area (Å²) in [6, 6.07) is 7.35. The van der Waals surface area contributed by atoms with Gasteiger partial charge in [0.25, 0.3) is 0 Å². The largest absolute Gasteiger partial charge is 0.369 e. The van der Waals surface area contributed by atoms with Crippen molar-refractivity contribution in [2.45, 2.75) is 18.8 Å². The van der Waals surface area contributed by atoms with Crippen molar-refractivity contribution in [2.24, 2.45) is 5.73 Å². The van der Waals surface area contributed by atoms with Gasteiger partial charge in [0.05, 0.1) is 0 Å². The third-order valence-corrected chi connectivity index (χ3v) is 3.26. The Morgan fingerprint density at radius 3 is 1.94 bits per heavy atom. The Kier molecular flexibility index (Phi) is 3.37. The van der Waals surface area contributed by atoms with Gasteiger partial charge in [-0.1, -0.05) is 19.1 Å². The van der Waals surface area contributed by atoms with Gasteiger partial charge in [-0.05, 0) is 29.7 Å². The second-order valence-corrected chi connectivity index (χ2v) is 4.11. The van der Waals surface area contributed by atoms with E-state index in [0.29, 0.717) is 6.42 Å². The second-order valence-electron chi connectivity index (χ2n) is 4.11. The van der Waals surface area contributed by atoms with E-state index in [2.05, 4.69) is 9.97 Å². The highest BCUT2D eigenvalue weighted by Crippen LogP contribution is 2.34. The van der Waals surface area contributed by atoms with Crippen LogP contribution in [0.4, 0.5) is 0 Å². The van der Waals surface area contributed by atoms with Gasteiger partial charge in [-0.2, -0.15) is 0 Å². The maximum atomic E-state index is 12.0. The molecule has 0 aliphatic heterocycles. The van der Waals surface area contributed by atoms with Gasteiger partial charge in [-0.25, -0.2) is 0 Å². The standard InChI is InChI=1S/C14H15N3O/c1-2-14(13(15)18,11-5-3-7-16-9-11)12-6-4-8-17-10-12/h3-10H,2H2,1H3,(H2,15,18). The van der Waals surface area contributed by atoms with E-state index in [1.165, 1.54) is 0 Å². The molecule has 1 amide bonds. The number of aromatic nitrogens is 2. The Balaban J connectivity index is 2.65. The number of carbonyl (C=O) groups excluding carboxylic acids is 1. The van der Waals surface area contributed by atoms with E-state index in [4.69, 9.17) is 5.73 Å². The summed E-state index contributed by atoms with van der Waals surface area (Å²) >= 11 is 0. The van der Waals surface area contributed by atoms with Gasteiger partial charge < -0.3 is 5.73 Å². The minimum atomic E-state index is -0.859. The van der Waals surface area contributed by atoms with Crippen LogP contribution in [0.2, 0.25) is 0 Å². The van der Waals surface area contributed by atoms with Crippen molar-refractivity contribution in [3.63, 3.8) is 0 Å². The Labute approximate surface area is 106 Å². The van der Waals surface area contributed by atoms with Crippen LogP contribution in [0.15, 0.2) is 49.1 Å². The van der Waals surface area contributed by atoms with Crippen LogP contribution in [0, 0.1) is 0 Å². The molecule has 2 rings (SSSR count). The number of hydrogen-bond acceptors (Lipinski definition) is 3. The minimum absolute atomic E-state index is 0.383. The van der Waals surface area contributed by atoms with Gasteiger partial charge in [-0.3, -0.25) is 14.8 Å². The zero-order valence-corrected chi connectivity index (χ0v) is 10.2. The van der Waals surface area contributed by atoms with E-state index in [9.17, 15) is 4.79 Å². The molecule has 0 aliphatic carbocycles. The molecule has 4 nitrogen and oxygen atoms in total. The van der Waals surface area contributed by atoms with E-state index in [1.807, 2.05) is 19.1 Å². The zero-order chi connectivity index (χ0) is 13.0. The molecule has 0 bridgehead atoms. The van der Waals surface area contributed by atoms with Crippen LogP contribution < -0.4 is 5.73 Å². The quantitative estimate of drug-likeness (QED) is 0.885. The van der Waals surface area contributed by atoms with Crippen LogP contribution in [0.5, 0.6) is 0 Å². The molecule has 0 saturated carbocycles. The Morgan fingerprint density at radius 2 is 1.67 bits per heavy atom. The Bertz CT molecular complexity index is 486. The van der Waals surface area contributed by atoms with Crippen LogP contribution in [0.3, 0.4) is 0 Å². The van der Waals surface area contributed by atoms with Gasteiger partial charge in [-0.15, -0.1) is 0 Å². The summed E-state index contributed by atoms with van der Waals surface area (Å²) in [7, 11) is 0. The summed E-state index contributed by atoms with van der Waals surface area (Å²) in [5.41, 5.74) is 6.39. The Hall–Kier alpha value is -2.23. The first-order valence-corrected chi connectivity index (χ1v) is 5.82. The second kappa shape index (κ2) is 4.96. The highest BCUT2D eigenvalue weighted by molar-refractivity contribution is 5.90. The van der Waals surface area contributed by atoms with Gasteiger partial charge in [0.1, 0.15) is 5.41 Å². The summed E-state index contributed by atoms with van der Waals surface area (Å²) in [5, 5.41) is 0. The summed E-state index contributed by atoms with van der Waals surface area (Å²) in [4.78, 5) is 20.2. The fourth-order valence-corrected chi connectivity index (χ4v) is 2.26. The smallest absolute Gasteiger partial charge is 0.232 e. The van der Waals surface area contributed by atoms with E-state index in [0.717, 1.165) is 11.1 Å². The number of carbonyl (C=O) groups is 1. The summed E-state index contributed by atoms with van der Waals surface area (Å²) < 4.78 is 0. The van der Waals surface area contributed by atoms with Crippen LogP contribution in [-0.2, 0) is 10.2 Å². The van der Waals surface area contributed by atoms with Gasteiger partial charge in [0.15, 0.2) is 0 Å². The van der Waals surface area contributed by atoms with E-state index < -0.39 is 5.41 Å². The number of nitrogens with zero attached hydrogens (tertiary/aromatic N) is 2. The molecule has 2 heterocycles. The third-order valence-electron chi connectivity index (χ3n) is 3.26. The minimum Gasteiger partial charge on any atom is -0.369 e. The SMILES string of the molecule is CCC(C(N)=O)(c1cccnc1)c1cccnc1. The number of amides is 1. The molecule has 2 aromatic heterocycles. The molecule has 18 heavy (non-hydrogen) atoms. The van der Waals surface area contributed by atoms with Crippen molar-refractivity contribution >= 4 is 5.91 Å². The molecule has 0 saturated heterocycles. The van der Waals surface area contributed by atoms with Gasteiger partial charge >= 0.3 is 0 Å². The molecule has 0 spiro atoms. The molecule has 0 unspecified atom stereocenters. The van der Waals surface area contributed by atoms with Crippen molar-refractivity contribution in [1.29, 1.82) is 0 Å². The summed E-state index contributed by atoms with van der Waals surface area (Å²) in [6.45, 7) is 1.94. The predicted octanol–water partition coefficient (Wildman–Crippen LogP) is 1.66. The molecule has 2 aromatic rings. The number of nitrogens with two attached hydrogens (primary N) is 1. The highest BCUT2D eigenvalue weighted by atomic mass is 16.1. The van der Waals surface area contributed by atoms with Crippen molar-refractivity contribution in [2.75, 3.05) is 0 Å². The number of rotatable bonds is 4. The maximum Gasteiger partial charge on any atom is 0.232 e. The van der Waals surface area contributed by atoms with Crippen LogP contribution in [-0.4, -0.2) is 15.9 Å². The molecule has 0 atom stereocenters. The lowest BCUT2D eigenvalue weighted by Crippen LogP contribution is -2.42. The lowest BCUT2D eigenvalue weighted by Gasteiger charge is -2.29. The van der Waals surface area contributed by atoms with E-state index >= 15 is 0 Å². The average Bonchev–Trinajstić information content (AvgIpc) is 2.42. The van der Waals surface area contributed by atoms with E-state index in [-0.39, 0.29) is 5.91 Å². The van der Waals surface area contributed by atoms with Crippen molar-refractivity contribution in [1.82, 2.24) is 9.97 Å². The molecule has 0 aliphatic rings. The molecule has 4 heteroatoms. The first-order chi connectivity index (χ1) is 8.71. The topological polar surface area (TPSA) is 68.9 Å². The monoisotopic (exact) mass is 241 g/mol. The van der Waals surface area contributed by atoms with E-state index in [1.54, 1.807) is 36.9 Å². The highest BCUT2D eigenvalue weighted by Gasteiger charge is 2.39. The predicted molar refractivity (Wildman–Crippen MR) is 68.7 cm³/mol. The first-order valence-electron chi connectivity index (χ1n) is 5.82. The van der Waals surface area contributed by atoms with Crippen LogP contribution in [0.25, 0.3) is 0 Å². The Morgan fingerprint density at radius 1 is 1.17 bits per heavy atom. The molecule has 92 valence electrons. The molecule has 0 aromatic carbocycles. The first kappa shape index (κ1) is 12.2. The average molecular weight is 241 g/mol. The van der Waals surface area contributed by atoms with Crippen LogP contribution >= 0.6 is 0 Å². The van der Waals surface area contributed by atoms with Gasteiger partial charge in [0, 0.05) is 24.8 Å². The molecule has 2 N–H and O–H groups in total.